The molecule has 0 atom stereocenters. The molecule has 1 aliphatic rings. The Kier molecular flexibility index (Phi) is 5.29. The van der Waals surface area contributed by atoms with Gasteiger partial charge in [-0.1, -0.05) is 18.6 Å². The fraction of sp³-hybridized carbons (Fsp3) is 0.318. The van der Waals surface area contributed by atoms with Crippen LogP contribution in [0, 0.1) is 11.7 Å². The number of carbonyl (C=O) groups excluding carboxylic acids is 1. The van der Waals surface area contributed by atoms with Crippen LogP contribution in [0.5, 0.6) is 0 Å². The number of carboxylic acid groups (broad SMARTS) is 1. The molecule has 150 valence electrons. The van der Waals surface area contributed by atoms with Gasteiger partial charge in [0.25, 0.3) is 0 Å². The highest BCUT2D eigenvalue weighted by Gasteiger charge is 2.24. The van der Waals surface area contributed by atoms with Gasteiger partial charge in [0.05, 0.1) is 16.6 Å². The Morgan fingerprint density at radius 1 is 1.17 bits per heavy atom. The summed E-state index contributed by atoms with van der Waals surface area (Å²) in [7, 11) is 0. The van der Waals surface area contributed by atoms with E-state index in [1.54, 1.807) is 30.3 Å². The van der Waals surface area contributed by atoms with Crippen molar-refractivity contribution in [1.29, 1.82) is 0 Å². The highest BCUT2D eigenvalue weighted by atomic mass is 19.1. The minimum absolute atomic E-state index is 0.0885. The van der Waals surface area contributed by atoms with Gasteiger partial charge in [-0.2, -0.15) is 0 Å². The van der Waals surface area contributed by atoms with Gasteiger partial charge in [-0.15, -0.1) is 0 Å². The van der Waals surface area contributed by atoms with Crippen LogP contribution in [0.2, 0.25) is 0 Å². The lowest BCUT2D eigenvalue weighted by Gasteiger charge is -2.24. The first-order valence-electron chi connectivity index (χ1n) is 9.76. The van der Waals surface area contributed by atoms with Crippen LogP contribution in [-0.2, 0) is 17.8 Å². The predicted octanol–water partition coefficient (Wildman–Crippen LogP) is 3.38. The zero-order valence-corrected chi connectivity index (χ0v) is 15.9. The molecule has 1 amide bonds. The number of imidazole rings is 1. The van der Waals surface area contributed by atoms with Crippen LogP contribution < -0.4 is 5.32 Å². The van der Waals surface area contributed by atoms with Crippen molar-refractivity contribution >= 4 is 22.9 Å². The topological polar surface area (TPSA) is 84.2 Å². The second-order valence-corrected chi connectivity index (χ2v) is 7.42. The average Bonchev–Trinajstić information content (AvgIpc) is 2.99. The maximum absolute atomic E-state index is 13.2. The molecule has 7 heteroatoms. The van der Waals surface area contributed by atoms with Crippen LogP contribution in [0.4, 0.5) is 4.39 Å². The minimum Gasteiger partial charge on any atom is -0.478 e. The van der Waals surface area contributed by atoms with E-state index in [1.165, 1.54) is 12.1 Å². The van der Waals surface area contributed by atoms with Crippen LogP contribution in [0.1, 0.15) is 41.0 Å². The molecule has 1 aliphatic carbocycles. The number of aromatic carboxylic acids is 1. The number of carbonyl (C=O) groups is 2. The third-order valence-electron chi connectivity index (χ3n) is 5.45. The normalized spacial score (nSPS) is 14.0. The molecular formula is C22H22FN3O3. The largest absolute Gasteiger partial charge is 0.478 e. The fourth-order valence-corrected chi connectivity index (χ4v) is 3.56. The lowest BCUT2D eigenvalue weighted by atomic mass is 9.85. The number of fused-ring (bicyclic) bond motifs is 1. The zero-order valence-electron chi connectivity index (χ0n) is 15.9. The van der Waals surface area contributed by atoms with Crippen LogP contribution in [0.3, 0.4) is 0 Å². The maximum atomic E-state index is 13.2. The van der Waals surface area contributed by atoms with Crippen molar-refractivity contribution in [2.24, 2.45) is 5.92 Å². The molecule has 6 nitrogen and oxygen atoms in total. The molecular weight excluding hydrogens is 373 g/mol. The highest BCUT2D eigenvalue weighted by molar-refractivity contribution is 5.92. The third kappa shape index (κ3) is 4.13. The Balaban J connectivity index is 1.60. The number of hydrogen-bond donors (Lipinski definition) is 2. The summed E-state index contributed by atoms with van der Waals surface area (Å²) in [5, 5.41) is 12.2. The van der Waals surface area contributed by atoms with Crippen molar-refractivity contribution in [2.45, 2.75) is 32.2 Å². The van der Waals surface area contributed by atoms with E-state index in [0.717, 1.165) is 36.2 Å². The Morgan fingerprint density at radius 2 is 1.93 bits per heavy atom. The number of hydrogen-bond acceptors (Lipinski definition) is 3. The van der Waals surface area contributed by atoms with E-state index in [4.69, 9.17) is 0 Å². The van der Waals surface area contributed by atoms with E-state index in [9.17, 15) is 19.1 Å². The van der Waals surface area contributed by atoms with Gasteiger partial charge >= 0.3 is 5.97 Å². The standard InChI is InChI=1S/C22H22FN3O3/c23-17-7-4-14(5-8-17)13-26-19-9-6-16(22(28)29)12-18(19)25-20(26)10-11-24-21(27)15-2-1-3-15/h4-9,12,15H,1-3,10-11,13H2,(H,24,27)(H,28,29). The quantitative estimate of drug-likeness (QED) is 0.642. The van der Waals surface area contributed by atoms with Crippen LogP contribution in [0.15, 0.2) is 42.5 Å². The fourth-order valence-electron chi connectivity index (χ4n) is 3.56. The summed E-state index contributed by atoms with van der Waals surface area (Å²) in [6, 6.07) is 11.1. The van der Waals surface area contributed by atoms with Gasteiger partial charge in [-0.05, 0) is 48.7 Å². The number of amides is 1. The van der Waals surface area contributed by atoms with E-state index in [2.05, 4.69) is 10.3 Å². The Morgan fingerprint density at radius 3 is 2.59 bits per heavy atom. The van der Waals surface area contributed by atoms with Crippen LogP contribution in [0.25, 0.3) is 11.0 Å². The predicted molar refractivity (Wildman–Crippen MR) is 106 cm³/mol. The average molecular weight is 395 g/mol. The first kappa shape index (κ1) is 19.1. The molecule has 3 aromatic rings. The van der Waals surface area contributed by atoms with Crippen molar-refractivity contribution in [3.05, 3.63) is 65.2 Å². The Labute approximate surface area is 167 Å². The Hall–Kier alpha value is -3.22. The lowest BCUT2D eigenvalue weighted by molar-refractivity contribution is -0.127. The summed E-state index contributed by atoms with van der Waals surface area (Å²) in [5.74, 6) is -0.332. The number of aromatic nitrogens is 2. The zero-order chi connectivity index (χ0) is 20.4. The molecule has 2 aromatic carbocycles. The second kappa shape index (κ2) is 8.03. The van der Waals surface area contributed by atoms with Gasteiger partial charge in [0.15, 0.2) is 0 Å². The molecule has 1 fully saturated rings. The van der Waals surface area contributed by atoms with Gasteiger partial charge < -0.3 is 15.0 Å². The van der Waals surface area contributed by atoms with Crippen molar-refractivity contribution in [1.82, 2.24) is 14.9 Å². The lowest BCUT2D eigenvalue weighted by Crippen LogP contribution is -2.35. The molecule has 0 bridgehead atoms. The van der Waals surface area contributed by atoms with E-state index in [1.807, 2.05) is 4.57 Å². The summed E-state index contributed by atoms with van der Waals surface area (Å²) in [6.07, 6.45) is 3.54. The van der Waals surface area contributed by atoms with Crippen LogP contribution in [-0.4, -0.2) is 33.1 Å². The van der Waals surface area contributed by atoms with Gasteiger partial charge in [0, 0.05) is 25.4 Å². The highest BCUT2D eigenvalue weighted by Crippen LogP contribution is 2.26. The van der Waals surface area contributed by atoms with E-state index >= 15 is 0 Å². The molecule has 29 heavy (non-hydrogen) atoms. The smallest absolute Gasteiger partial charge is 0.335 e. The number of benzene rings is 2. The first-order valence-corrected chi connectivity index (χ1v) is 9.76. The Bertz CT molecular complexity index is 1060. The molecule has 1 heterocycles. The summed E-state index contributed by atoms with van der Waals surface area (Å²) in [4.78, 5) is 28.0. The maximum Gasteiger partial charge on any atom is 0.335 e. The number of rotatable bonds is 7. The van der Waals surface area contributed by atoms with Gasteiger partial charge in [-0.3, -0.25) is 4.79 Å². The molecule has 0 spiro atoms. The molecule has 0 saturated heterocycles. The molecule has 0 radical (unpaired) electrons. The first-order chi connectivity index (χ1) is 14.0. The van der Waals surface area contributed by atoms with Crippen molar-refractivity contribution in [3.8, 4) is 0 Å². The molecule has 1 saturated carbocycles. The molecule has 4 rings (SSSR count). The van der Waals surface area contributed by atoms with Gasteiger partial charge in [-0.25, -0.2) is 14.2 Å². The monoisotopic (exact) mass is 395 g/mol. The number of nitrogens with zero attached hydrogens (tertiary/aromatic N) is 2. The van der Waals surface area contributed by atoms with Crippen molar-refractivity contribution < 1.29 is 19.1 Å². The van der Waals surface area contributed by atoms with Gasteiger partial charge in [0.1, 0.15) is 11.6 Å². The SMILES string of the molecule is O=C(O)c1ccc2c(c1)nc(CCNC(=O)C1CCC1)n2Cc1ccc(F)cc1. The van der Waals surface area contributed by atoms with Gasteiger partial charge in [0.2, 0.25) is 5.91 Å². The number of carboxylic acids is 1. The molecule has 0 unspecified atom stereocenters. The summed E-state index contributed by atoms with van der Waals surface area (Å²) >= 11 is 0. The summed E-state index contributed by atoms with van der Waals surface area (Å²) in [5.41, 5.74) is 2.48. The van der Waals surface area contributed by atoms with Crippen molar-refractivity contribution in [2.75, 3.05) is 6.54 Å². The number of halogens is 1. The van der Waals surface area contributed by atoms with E-state index in [-0.39, 0.29) is 23.2 Å². The van der Waals surface area contributed by atoms with Crippen LogP contribution >= 0.6 is 0 Å². The summed E-state index contributed by atoms with van der Waals surface area (Å²) in [6.45, 7) is 0.947. The molecule has 0 aliphatic heterocycles. The second-order valence-electron chi connectivity index (χ2n) is 7.42. The molecule has 1 aromatic heterocycles. The number of nitrogens with one attached hydrogen (secondary N) is 1. The summed E-state index contributed by atoms with van der Waals surface area (Å²) < 4.78 is 15.2. The van der Waals surface area contributed by atoms with E-state index in [0.29, 0.717) is 25.0 Å². The third-order valence-corrected chi connectivity index (χ3v) is 5.45. The minimum atomic E-state index is -1.01. The molecule has 2 N–H and O–H groups in total. The van der Waals surface area contributed by atoms with E-state index < -0.39 is 5.97 Å². The van der Waals surface area contributed by atoms with Crippen molar-refractivity contribution in [3.63, 3.8) is 0 Å².